The molecule has 0 aromatic carbocycles. The van der Waals surface area contributed by atoms with E-state index >= 15 is 0 Å². The van der Waals surface area contributed by atoms with Crippen molar-refractivity contribution in [1.82, 2.24) is 10.2 Å². The molecule has 1 aromatic heterocycles. The van der Waals surface area contributed by atoms with Gasteiger partial charge in [-0.15, -0.1) is 11.3 Å². The summed E-state index contributed by atoms with van der Waals surface area (Å²) in [5, 5.41) is 3.53. The van der Waals surface area contributed by atoms with Gasteiger partial charge in [0.1, 0.15) is 4.34 Å². The molecule has 2 heterocycles. The SMILES string of the molecule is CCN1CCC(CNCc2cc(Br)c(Cl)s2)C1. The van der Waals surface area contributed by atoms with Crippen LogP contribution in [0.1, 0.15) is 18.2 Å². The third-order valence-electron chi connectivity index (χ3n) is 3.25. The van der Waals surface area contributed by atoms with E-state index in [2.05, 4.69) is 39.1 Å². The summed E-state index contributed by atoms with van der Waals surface area (Å²) in [7, 11) is 0. The Bertz CT molecular complexity index is 350. The lowest BCUT2D eigenvalue weighted by Crippen LogP contribution is -2.25. The van der Waals surface area contributed by atoms with E-state index < -0.39 is 0 Å². The third kappa shape index (κ3) is 3.93. The molecule has 0 aliphatic carbocycles. The van der Waals surface area contributed by atoms with Crippen molar-refractivity contribution < 1.29 is 0 Å². The molecule has 0 spiro atoms. The molecule has 1 saturated heterocycles. The molecule has 1 atom stereocenters. The summed E-state index contributed by atoms with van der Waals surface area (Å²) in [4.78, 5) is 3.82. The summed E-state index contributed by atoms with van der Waals surface area (Å²) in [6, 6.07) is 2.10. The summed E-state index contributed by atoms with van der Waals surface area (Å²) in [6.45, 7) is 7.98. The smallest absolute Gasteiger partial charge is 0.107 e. The van der Waals surface area contributed by atoms with Crippen LogP contribution in [0.15, 0.2) is 10.5 Å². The van der Waals surface area contributed by atoms with Crippen molar-refractivity contribution in [1.29, 1.82) is 0 Å². The largest absolute Gasteiger partial charge is 0.312 e. The first-order valence-corrected chi connectivity index (χ1v) is 8.04. The fraction of sp³-hybridized carbons (Fsp3) is 0.667. The van der Waals surface area contributed by atoms with Gasteiger partial charge in [-0.1, -0.05) is 18.5 Å². The van der Waals surface area contributed by atoms with Crippen LogP contribution in [0.25, 0.3) is 0 Å². The van der Waals surface area contributed by atoms with Gasteiger partial charge in [-0.3, -0.25) is 0 Å². The molecule has 0 bridgehead atoms. The van der Waals surface area contributed by atoms with E-state index in [1.807, 2.05) is 0 Å². The lowest BCUT2D eigenvalue weighted by atomic mass is 10.1. The second-order valence-electron chi connectivity index (χ2n) is 4.51. The fourth-order valence-electron chi connectivity index (χ4n) is 2.24. The normalized spacial score (nSPS) is 21.2. The molecule has 96 valence electrons. The van der Waals surface area contributed by atoms with E-state index in [-0.39, 0.29) is 0 Å². The maximum atomic E-state index is 6.01. The average molecular weight is 338 g/mol. The zero-order valence-corrected chi connectivity index (χ0v) is 13.2. The van der Waals surface area contributed by atoms with Crippen molar-refractivity contribution in [3.63, 3.8) is 0 Å². The first-order valence-electron chi connectivity index (χ1n) is 6.05. The molecule has 0 saturated carbocycles. The highest BCUT2D eigenvalue weighted by Gasteiger charge is 2.20. The van der Waals surface area contributed by atoms with Crippen LogP contribution < -0.4 is 5.32 Å². The lowest BCUT2D eigenvalue weighted by Gasteiger charge is -2.13. The van der Waals surface area contributed by atoms with Crippen LogP contribution in [-0.4, -0.2) is 31.1 Å². The van der Waals surface area contributed by atoms with E-state index in [0.29, 0.717) is 0 Å². The van der Waals surface area contributed by atoms with Gasteiger partial charge in [0.2, 0.25) is 0 Å². The number of likely N-dealkylation sites (tertiary alicyclic amines) is 1. The predicted octanol–water partition coefficient (Wildman–Crippen LogP) is 3.60. The molecular formula is C12H18BrClN2S. The van der Waals surface area contributed by atoms with Gasteiger partial charge in [-0.2, -0.15) is 0 Å². The Morgan fingerprint density at radius 1 is 1.65 bits per heavy atom. The number of rotatable bonds is 5. The second kappa shape index (κ2) is 6.53. The molecule has 2 rings (SSSR count). The van der Waals surface area contributed by atoms with Gasteiger partial charge in [-0.25, -0.2) is 0 Å². The lowest BCUT2D eigenvalue weighted by molar-refractivity contribution is 0.339. The molecule has 0 amide bonds. The average Bonchev–Trinajstić information content (AvgIpc) is 2.87. The molecule has 17 heavy (non-hydrogen) atoms. The predicted molar refractivity (Wildman–Crippen MR) is 79.0 cm³/mol. The second-order valence-corrected chi connectivity index (χ2v) is 7.11. The highest BCUT2D eigenvalue weighted by molar-refractivity contribution is 9.10. The quantitative estimate of drug-likeness (QED) is 0.883. The molecule has 5 heteroatoms. The van der Waals surface area contributed by atoms with Crippen LogP contribution in [0.4, 0.5) is 0 Å². The molecule has 1 N–H and O–H groups in total. The summed E-state index contributed by atoms with van der Waals surface area (Å²) in [6.07, 6.45) is 1.33. The van der Waals surface area contributed by atoms with Crippen LogP contribution >= 0.6 is 38.9 Å². The van der Waals surface area contributed by atoms with E-state index in [1.54, 1.807) is 11.3 Å². The van der Waals surface area contributed by atoms with Crippen molar-refractivity contribution in [2.45, 2.75) is 19.9 Å². The van der Waals surface area contributed by atoms with Crippen LogP contribution in [0, 0.1) is 5.92 Å². The number of hydrogen-bond acceptors (Lipinski definition) is 3. The highest BCUT2D eigenvalue weighted by Crippen LogP contribution is 2.31. The van der Waals surface area contributed by atoms with Crippen molar-refractivity contribution >= 4 is 38.9 Å². The molecule has 1 aromatic rings. The number of halogens is 2. The Balaban J connectivity index is 1.69. The molecule has 1 aliphatic rings. The first-order chi connectivity index (χ1) is 8.19. The Labute approximate surface area is 120 Å². The van der Waals surface area contributed by atoms with Gasteiger partial charge in [0.05, 0.1) is 0 Å². The zero-order valence-electron chi connectivity index (χ0n) is 10.0. The molecule has 1 unspecified atom stereocenters. The number of hydrogen-bond donors (Lipinski definition) is 1. The first kappa shape index (κ1) is 13.8. The molecule has 1 fully saturated rings. The van der Waals surface area contributed by atoms with Crippen molar-refractivity contribution in [2.24, 2.45) is 5.92 Å². The Morgan fingerprint density at radius 2 is 2.47 bits per heavy atom. The summed E-state index contributed by atoms with van der Waals surface area (Å²) >= 11 is 11.1. The van der Waals surface area contributed by atoms with Gasteiger partial charge < -0.3 is 10.2 Å². The summed E-state index contributed by atoms with van der Waals surface area (Å²) in [5.74, 6) is 0.814. The minimum absolute atomic E-state index is 0.814. The van der Waals surface area contributed by atoms with E-state index in [9.17, 15) is 0 Å². The fourth-order valence-corrected chi connectivity index (χ4v) is 4.00. The van der Waals surface area contributed by atoms with Crippen molar-refractivity contribution in [3.05, 3.63) is 19.8 Å². The van der Waals surface area contributed by atoms with Gasteiger partial charge in [-0.05, 0) is 54.0 Å². The number of nitrogens with one attached hydrogen (secondary N) is 1. The van der Waals surface area contributed by atoms with E-state index in [0.717, 1.165) is 27.8 Å². The van der Waals surface area contributed by atoms with Crippen LogP contribution in [0.5, 0.6) is 0 Å². The maximum absolute atomic E-state index is 6.01. The minimum Gasteiger partial charge on any atom is -0.312 e. The van der Waals surface area contributed by atoms with E-state index in [4.69, 9.17) is 11.6 Å². The maximum Gasteiger partial charge on any atom is 0.107 e. The van der Waals surface area contributed by atoms with Gasteiger partial charge in [0.15, 0.2) is 0 Å². The molecule has 1 aliphatic heterocycles. The topological polar surface area (TPSA) is 15.3 Å². The summed E-state index contributed by atoms with van der Waals surface area (Å²) < 4.78 is 1.86. The minimum atomic E-state index is 0.814. The Hall–Kier alpha value is 0.390. The third-order valence-corrected chi connectivity index (χ3v) is 5.72. The monoisotopic (exact) mass is 336 g/mol. The molecular weight excluding hydrogens is 320 g/mol. The van der Waals surface area contributed by atoms with E-state index in [1.165, 1.54) is 30.9 Å². The summed E-state index contributed by atoms with van der Waals surface area (Å²) in [5.41, 5.74) is 0. The van der Waals surface area contributed by atoms with Crippen LogP contribution in [-0.2, 0) is 6.54 Å². The molecule has 2 nitrogen and oxygen atoms in total. The van der Waals surface area contributed by atoms with Crippen molar-refractivity contribution in [2.75, 3.05) is 26.2 Å². The van der Waals surface area contributed by atoms with Crippen molar-refractivity contribution in [3.8, 4) is 0 Å². The van der Waals surface area contributed by atoms with Gasteiger partial charge in [0.25, 0.3) is 0 Å². The Morgan fingerprint density at radius 3 is 3.06 bits per heavy atom. The Kier molecular flexibility index (Phi) is 5.30. The highest BCUT2D eigenvalue weighted by atomic mass is 79.9. The zero-order chi connectivity index (χ0) is 12.3. The standard InChI is InChI=1S/C12H18BrClN2S/c1-2-16-4-3-9(8-16)6-15-7-10-5-11(13)12(14)17-10/h5,9,15H,2-4,6-8H2,1H3. The van der Waals surface area contributed by atoms with Crippen LogP contribution in [0.3, 0.4) is 0 Å². The molecule has 0 radical (unpaired) electrons. The number of nitrogens with zero attached hydrogens (tertiary/aromatic N) is 1. The number of thiophene rings is 1. The van der Waals surface area contributed by atoms with Crippen LogP contribution in [0.2, 0.25) is 4.34 Å². The van der Waals surface area contributed by atoms with Gasteiger partial charge >= 0.3 is 0 Å². The van der Waals surface area contributed by atoms with Gasteiger partial charge in [0, 0.05) is 22.4 Å².